The molecule has 27 heavy (non-hydrogen) atoms. The molecule has 1 fully saturated rings. The molecular weight excluding hydrogens is 340 g/mol. The number of aryl methyl sites for hydroxylation is 1. The summed E-state index contributed by atoms with van der Waals surface area (Å²) in [7, 11) is 0. The lowest BCUT2D eigenvalue weighted by molar-refractivity contribution is 0.207. The zero-order chi connectivity index (χ0) is 19.0. The number of hydrogen-bond donors (Lipinski definition) is 0. The molecule has 7 nitrogen and oxygen atoms in total. The first-order valence-electron chi connectivity index (χ1n) is 10.2. The zero-order valence-corrected chi connectivity index (χ0v) is 16.7. The minimum Gasteiger partial charge on any atom is -0.314 e. The van der Waals surface area contributed by atoms with Crippen LogP contribution in [0.4, 0.5) is 0 Å². The fraction of sp³-hybridized carbons (Fsp3) is 0.700. The predicted octanol–water partition coefficient (Wildman–Crippen LogP) is 2.13. The molecule has 0 bridgehead atoms. The van der Waals surface area contributed by atoms with Crippen LogP contribution in [0, 0.1) is 0 Å². The first kappa shape index (κ1) is 18.3. The second kappa shape index (κ2) is 7.19. The van der Waals surface area contributed by atoms with Crippen LogP contribution in [0.3, 0.4) is 0 Å². The quantitative estimate of drug-likeness (QED) is 0.825. The van der Waals surface area contributed by atoms with Gasteiger partial charge in [0.2, 0.25) is 0 Å². The van der Waals surface area contributed by atoms with Crippen molar-refractivity contribution in [2.45, 2.75) is 84.0 Å². The molecule has 1 saturated heterocycles. The molecule has 2 aromatic rings. The summed E-state index contributed by atoms with van der Waals surface area (Å²) >= 11 is 0. The van der Waals surface area contributed by atoms with Gasteiger partial charge in [-0.2, -0.15) is 5.10 Å². The third-order valence-corrected chi connectivity index (χ3v) is 5.80. The van der Waals surface area contributed by atoms with E-state index >= 15 is 0 Å². The van der Waals surface area contributed by atoms with E-state index in [9.17, 15) is 4.79 Å². The average molecular weight is 371 g/mol. The highest BCUT2D eigenvalue weighted by atomic mass is 16.1. The minimum atomic E-state index is -0.0641. The largest absolute Gasteiger partial charge is 0.314 e. The third kappa shape index (κ3) is 3.83. The summed E-state index contributed by atoms with van der Waals surface area (Å²) < 4.78 is 3.95. The van der Waals surface area contributed by atoms with Crippen LogP contribution in [-0.4, -0.2) is 42.0 Å². The Morgan fingerprint density at radius 1 is 1.11 bits per heavy atom. The van der Waals surface area contributed by atoms with E-state index in [1.54, 1.807) is 10.7 Å². The van der Waals surface area contributed by atoms with Gasteiger partial charge in [0.1, 0.15) is 11.6 Å². The van der Waals surface area contributed by atoms with E-state index < -0.39 is 0 Å². The molecule has 0 radical (unpaired) electrons. The second-order valence-electron chi connectivity index (χ2n) is 8.90. The summed E-state index contributed by atoms with van der Waals surface area (Å²) in [6, 6.07) is 3.83. The van der Waals surface area contributed by atoms with Crippen molar-refractivity contribution >= 4 is 0 Å². The van der Waals surface area contributed by atoms with Gasteiger partial charge in [-0.15, -0.1) is 10.2 Å². The third-order valence-electron chi connectivity index (χ3n) is 5.80. The van der Waals surface area contributed by atoms with Crippen molar-refractivity contribution in [2.75, 3.05) is 6.54 Å². The van der Waals surface area contributed by atoms with Crippen molar-refractivity contribution in [1.82, 2.24) is 29.4 Å². The number of nitrogens with zero attached hydrogens (tertiary/aromatic N) is 6. The van der Waals surface area contributed by atoms with Crippen LogP contribution < -0.4 is 5.56 Å². The molecule has 4 rings (SSSR count). The number of hydrogen-bond acceptors (Lipinski definition) is 5. The zero-order valence-electron chi connectivity index (χ0n) is 16.7. The molecule has 0 aromatic carbocycles. The summed E-state index contributed by atoms with van der Waals surface area (Å²) in [6.07, 6.45) is 5.70. The summed E-state index contributed by atoms with van der Waals surface area (Å²) in [5.41, 5.74) is 0.874. The number of aromatic nitrogens is 5. The predicted molar refractivity (Wildman–Crippen MR) is 104 cm³/mol. The Labute approximate surface area is 160 Å². The highest BCUT2D eigenvalue weighted by molar-refractivity contribution is 5.11. The lowest BCUT2D eigenvalue weighted by Crippen LogP contribution is -2.38. The van der Waals surface area contributed by atoms with Crippen molar-refractivity contribution in [3.63, 3.8) is 0 Å². The molecule has 1 unspecified atom stereocenters. The summed E-state index contributed by atoms with van der Waals surface area (Å²) in [6.45, 7) is 9.90. The van der Waals surface area contributed by atoms with Gasteiger partial charge in [-0.3, -0.25) is 9.69 Å². The molecule has 0 aliphatic carbocycles. The molecule has 2 aliphatic rings. The highest BCUT2D eigenvalue weighted by Gasteiger charge is 2.28. The molecule has 0 amide bonds. The smallest absolute Gasteiger partial charge is 0.266 e. The number of rotatable bonds is 4. The van der Waals surface area contributed by atoms with Gasteiger partial charge in [0, 0.05) is 30.5 Å². The molecule has 2 aliphatic heterocycles. The Bertz CT molecular complexity index is 862. The lowest BCUT2D eigenvalue weighted by atomic mass is 9.92. The summed E-state index contributed by atoms with van der Waals surface area (Å²) in [4.78, 5) is 14.8. The molecule has 4 heterocycles. The molecule has 0 N–H and O–H groups in total. The van der Waals surface area contributed by atoms with Crippen LogP contribution in [0.1, 0.15) is 63.8 Å². The van der Waals surface area contributed by atoms with Crippen LogP contribution in [0.25, 0.3) is 0 Å². The Kier molecular flexibility index (Phi) is 4.88. The van der Waals surface area contributed by atoms with Gasteiger partial charge in [0.05, 0.1) is 18.8 Å². The van der Waals surface area contributed by atoms with Crippen molar-refractivity contribution < 1.29 is 0 Å². The Morgan fingerprint density at radius 3 is 2.78 bits per heavy atom. The Balaban J connectivity index is 1.51. The molecule has 0 saturated carbocycles. The first-order valence-corrected chi connectivity index (χ1v) is 10.2. The number of likely N-dealkylation sites (tertiary alicyclic amines) is 1. The van der Waals surface area contributed by atoms with Crippen LogP contribution in [0.2, 0.25) is 0 Å². The molecular formula is C20H30N6O. The molecule has 7 heteroatoms. The maximum atomic E-state index is 12.4. The van der Waals surface area contributed by atoms with E-state index in [0.717, 1.165) is 56.2 Å². The van der Waals surface area contributed by atoms with Crippen molar-refractivity contribution in [3.05, 3.63) is 39.8 Å². The topological polar surface area (TPSA) is 68.8 Å². The summed E-state index contributed by atoms with van der Waals surface area (Å²) in [5, 5.41) is 13.5. The molecule has 0 spiro atoms. The fourth-order valence-electron chi connectivity index (χ4n) is 4.16. The fourth-order valence-corrected chi connectivity index (χ4v) is 4.16. The van der Waals surface area contributed by atoms with Gasteiger partial charge in [-0.1, -0.05) is 20.8 Å². The van der Waals surface area contributed by atoms with E-state index in [0.29, 0.717) is 12.6 Å². The van der Waals surface area contributed by atoms with Gasteiger partial charge in [-0.05, 0) is 38.3 Å². The normalized spacial score (nSPS) is 20.8. The maximum absolute atomic E-state index is 12.4. The SMILES string of the molecule is CC(C)(C)c1ccc(=O)n(CC2CCCN2Cc2nnc3n2CCCC3)n1. The average Bonchev–Trinajstić information content (AvgIpc) is 3.24. The van der Waals surface area contributed by atoms with Gasteiger partial charge >= 0.3 is 0 Å². The molecule has 2 aromatic heterocycles. The van der Waals surface area contributed by atoms with E-state index in [2.05, 4.69) is 45.5 Å². The van der Waals surface area contributed by atoms with Gasteiger partial charge in [0.15, 0.2) is 0 Å². The highest BCUT2D eigenvalue weighted by Crippen LogP contribution is 2.23. The lowest BCUT2D eigenvalue weighted by Gasteiger charge is -2.26. The monoisotopic (exact) mass is 370 g/mol. The standard InChI is InChI=1S/C20H30N6O/c1-20(2,3)16-9-10-19(27)26(23-16)13-15-7-6-11-24(15)14-18-22-21-17-8-4-5-12-25(17)18/h9-10,15H,4-8,11-14H2,1-3H3. The van der Waals surface area contributed by atoms with Crippen molar-refractivity contribution in [3.8, 4) is 0 Å². The maximum Gasteiger partial charge on any atom is 0.266 e. The van der Waals surface area contributed by atoms with Gasteiger partial charge < -0.3 is 4.57 Å². The van der Waals surface area contributed by atoms with E-state index in [4.69, 9.17) is 0 Å². The second-order valence-corrected chi connectivity index (χ2v) is 8.90. The molecule has 1 atom stereocenters. The first-order chi connectivity index (χ1) is 12.9. The van der Waals surface area contributed by atoms with Crippen molar-refractivity contribution in [2.24, 2.45) is 0 Å². The van der Waals surface area contributed by atoms with E-state index in [1.807, 2.05) is 6.07 Å². The summed E-state index contributed by atoms with van der Waals surface area (Å²) in [5.74, 6) is 2.20. The van der Waals surface area contributed by atoms with E-state index in [1.165, 1.54) is 12.8 Å². The van der Waals surface area contributed by atoms with Crippen molar-refractivity contribution in [1.29, 1.82) is 0 Å². The Hall–Kier alpha value is -2.02. The van der Waals surface area contributed by atoms with E-state index in [-0.39, 0.29) is 11.0 Å². The minimum absolute atomic E-state index is 0.0188. The van der Waals surface area contributed by atoms with Crippen LogP contribution >= 0.6 is 0 Å². The molecule has 146 valence electrons. The van der Waals surface area contributed by atoms with Crippen LogP contribution in [0.15, 0.2) is 16.9 Å². The Morgan fingerprint density at radius 2 is 1.96 bits per heavy atom. The van der Waals surface area contributed by atoms with Crippen LogP contribution in [0.5, 0.6) is 0 Å². The van der Waals surface area contributed by atoms with Gasteiger partial charge in [-0.25, -0.2) is 4.68 Å². The number of fused-ring (bicyclic) bond motifs is 1. The van der Waals surface area contributed by atoms with Crippen LogP contribution in [-0.2, 0) is 31.5 Å². The van der Waals surface area contributed by atoms with Gasteiger partial charge in [0.25, 0.3) is 5.56 Å².